The lowest BCUT2D eigenvalue weighted by molar-refractivity contribution is -0.305. The maximum absolute atomic E-state index is 12.8. The van der Waals surface area contributed by atoms with Crippen molar-refractivity contribution in [3.63, 3.8) is 0 Å². The van der Waals surface area contributed by atoms with Crippen LogP contribution in [0.1, 0.15) is 12.8 Å². The van der Waals surface area contributed by atoms with Crippen molar-refractivity contribution >= 4 is 35.2 Å². The Bertz CT molecular complexity index is 546. The fourth-order valence-corrected chi connectivity index (χ4v) is 2.96. The van der Waals surface area contributed by atoms with Gasteiger partial charge >= 0.3 is 0 Å². The van der Waals surface area contributed by atoms with E-state index in [1.807, 2.05) is 0 Å². The number of amides is 2. The number of carboxylic acids is 1. The molecule has 0 aromatic heterocycles. The van der Waals surface area contributed by atoms with Gasteiger partial charge in [0.05, 0.1) is 10.9 Å². The summed E-state index contributed by atoms with van der Waals surface area (Å²) in [5.74, 6) is -2.20. The first-order valence-electron chi connectivity index (χ1n) is 5.93. The van der Waals surface area contributed by atoms with Gasteiger partial charge < -0.3 is 9.90 Å². The average molecular weight is 296 g/mol. The third-order valence-corrected chi connectivity index (χ3v) is 4.03. The zero-order valence-corrected chi connectivity index (χ0v) is 11.2. The van der Waals surface area contributed by atoms with Gasteiger partial charge in [-0.15, -0.1) is 11.8 Å². The Balaban J connectivity index is 2.05. The van der Waals surface area contributed by atoms with E-state index in [0.29, 0.717) is 5.69 Å². The predicted molar refractivity (Wildman–Crippen MR) is 69.4 cm³/mol. The Hall–Kier alpha value is -1.89. The van der Waals surface area contributed by atoms with Gasteiger partial charge in [0.1, 0.15) is 5.82 Å². The Kier molecular flexibility index (Phi) is 4.39. The van der Waals surface area contributed by atoms with Crippen molar-refractivity contribution in [2.75, 3.05) is 10.7 Å². The second-order valence-electron chi connectivity index (χ2n) is 4.23. The van der Waals surface area contributed by atoms with Crippen LogP contribution in [0.15, 0.2) is 24.3 Å². The molecule has 20 heavy (non-hydrogen) atoms. The largest absolute Gasteiger partial charge is 0.550 e. The molecular formula is C13H11FNO4S-. The van der Waals surface area contributed by atoms with Crippen molar-refractivity contribution in [3.8, 4) is 0 Å². The summed E-state index contributed by atoms with van der Waals surface area (Å²) in [6, 6.07) is 5.07. The highest BCUT2D eigenvalue weighted by Crippen LogP contribution is 2.29. The van der Waals surface area contributed by atoms with Gasteiger partial charge in [0.2, 0.25) is 11.8 Å². The van der Waals surface area contributed by atoms with Gasteiger partial charge in [-0.3, -0.25) is 9.59 Å². The number of thioether (sulfide) groups is 1. The molecule has 1 aliphatic heterocycles. The van der Waals surface area contributed by atoms with E-state index in [0.717, 1.165) is 16.7 Å². The molecule has 1 heterocycles. The van der Waals surface area contributed by atoms with E-state index < -0.39 is 22.9 Å². The normalized spacial score (nSPS) is 18.6. The molecule has 2 rings (SSSR count). The van der Waals surface area contributed by atoms with Gasteiger partial charge in [0.25, 0.3) is 0 Å². The average Bonchev–Trinajstić information content (AvgIpc) is 2.66. The number of hydrogen-bond acceptors (Lipinski definition) is 5. The van der Waals surface area contributed by atoms with Crippen molar-refractivity contribution in [3.05, 3.63) is 30.1 Å². The number of halogens is 1. The summed E-state index contributed by atoms with van der Waals surface area (Å²) in [6.07, 6.45) is -0.146. The highest BCUT2D eigenvalue weighted by atomic mass is 32.2. The van der Waals surface area contributed by atoms with Crippen molar-refractivity contribution in [2.24, 2.45) is 0 Å². The topological polar surface area (TPSA) is 77.5 Å². The molecule has 5 nitrogen and oxygen atoms in total. The van der Waals surface area contributed by atoms with Crippen LogP contribution in [-0.4, -0.2) is 28.8 Å². The number of hydrogen-bond donors (Lipinski definition) is 0. The zero-order valence-electron chi connectivity index (χ0n) is 10.4. The molecule has 106 valence electrons. The van der Waals surface area contributed by atoms with Gasteiger partial charge in [-0.2, -0.15) is 0 Å². The van der Waals surface area contributed by atoms with Crippen LogP contribution in [0.25, 0.3) is 0 Å². The van der Waals surface area contributed by atoms with Crippen LogP contribution < -0.4 is 10.0 Å². The van der Waals surface area contributed by atoms with Crippen LogP contribution in [0.5, 0.6) is 0 Å². The summed E-state index contributed by atoms with van der Waals surface area (Å²) in [6.45, 7) is 0. The molecular weight excluding hydrogens is 285 g/mol. The summed E-state index contributed by atoms with van der Waals surface area (Å²) < 4.78 is 12.8. The van der Waals surface area contributed by atoms with Crippen LogP contribution in [0.2, 0.25) is 0 Å². The molecule has 0 spiro atoms. The molecule has 1 fully saturated rings. The molecule has 1 saturated heterocycles. The van der Waals surface area contributed by atoms with Crippen molar-refractivity contribution in [2.45, 2.75) is 18.1 Å². The maximum atomic E-state index is 12.8. The number of carboxylic acid groups (broad SMARTS) is 1. The van der Waals surface area contributed by atoms with E-state index in [2.05, 4.69) is 0 Å². The highest BCUT2D eigenvalue weighted by Gasteiger charge is 2.39. The standard InChI is InChI=1S/C13H12FNO4S/c14-8-1-3-9(4-2-8)15-11(16)7-10(13(15)19)20-6-5-12(17)18/h1-4,10H,5-7H2,(H,17,18)/p-1/t10-/m0/s1. The van der Waals surface area contributed by atoms with Crippen LogP contribution in [0.3, 0.4) is 0 Å². The summed E-state index contributed by atoms with van der Waals surface area (Å²) in [5, 5.41) is 9.72. The fraction of sp³-hybridized carbons (Fsp3) is 0.308. The van der Waals surface area contributed by atoms with Gasteiger partial charge in [0.15, 0.2) is 0 Å². The van der Waals surface area contributed by atoms with Crippen molar-refractivity contribution < 1.29 is 23.9 Å². The number of nitrogens with zero attached hydrogens (tertiary/aromatic N) is 1. The lowest BCUT2D eigenvalue weighted by atomic mass is 10.3. The number of carbonyl (C=O) groups is 3. The molecule has 0 saturated carbocycles. The maximum Gasteiger partial charge on any atom is 0.247 e. The van der Waals surface area contributed by atoms with E-state index in [9.17, 15) is 23.9 Å². The minimum atomic E-state index is -1.19. The van der Waals surface area contributed by atoms with Gasteiger partial charge in [-0.25, -0.2) is 9.29 Å². The van der Waals surface area contributed by atoms with E-state index in [1.165, 1.54) is 24.3 Å². The molecule has 7 heteroatoms. The summed E-state index contributed by atoms with van der Waals surface area (Å²) >= 11 is 1.12. The predicted octanol–water partition coefficient (Wildman–Crippen LogP) is 0.331. The Labute approximate surface area is 118 Å². The quantitative estimate of drug-likeness (QED) is 0.732. The SMILES string of the molecule is O=C([O-])CCS[C@H]1CC(=O)N(c2ccc(F)cc2)C1=O. The molecule has 1 aromatic carbocycles. The van der Waals surface area contributed by atoms with E-state index >= 15 is 0 Å². The van der Waals surface area contributed by atoms with E-state index in [-0.39, 0.29) is 24.5 Å². The van der Waals surface area contributed by atoms with Crippen LogP contribution in [0, 0.1) is 5.82 Å². The first-order chi connectivity index (χ1) is 9.49. The van der Waals surface area contributed by atoms with Gasteiger partial charge in [-0.1, -0.05) is 0 Å². The zero-order chi connectivity index (χ0) is 14.7. The lowest BCUT2D eigenvalue weighted by Crippen LogP contribution is -2.31. The molecule has 1 aromatic rings. The van der Waals surface area contributed by atoms with E-state index in [1.54, 1.807) is 0 Å². The molecule has 1 atom stereocenters. The number of aliphatic carboxylic acids is 1. The second-order valence-corrected chi connectivity index (χ2v) is 5.54. The monoisotopic (exact) mass is 296 g/mol. The summed E-state index contributed by atoms with van der Waals surface area (Å²) in [5.41, 5.74) is 0.324. The summed E-state index contributed by atoms with van der Waals surface area (Å²) in [7, 11) is 0. The smallest absolute Gasteiger partial charge is 0.247 e. The van der Waals surface area contributed by atoms with Crippen molar-refractivity contribution in [1.82, 2.24) is 0 Å². The van der Waals surface area contributed by atoms with Crippen LogP contribution in [-0.2, 0) is 14.4 Å². The van der Waals surface area contributed by atoms with E-state index in [4.69, 9.17) is 0 Å². The first kappa shape index (κ1) is 14.5. The Morgan fingerprint density at radius 2 is 2.00 bits per heavy atom. The first-order valence-corrected chi connectivity index (χ1v) is 6.97. The fourth-order valence-electron chi connectivity index (χ4n) is 1.88. The number of rotatable bonds is 5. The number of imide groups is 1. The summed E-state index contributed by atoms with van der Waals surface area (Å²) in [4.78, 5) is 35.3. The lowest BCUT2D eigenvalue weighted by Gasteiger charge is -2.14. The number of anilines is 1. The molecule has 1 aliphatic rings. The Morgan fingerprint density at radius 3 is 2.60 bits per heavy atom. The third kappa shape index (κ3) is 3.16. The molecule has 0 N–H and O–H groups in total. The van der Waals surface area contributed by atoms with Crippen LogP contribution in [0.4, 0.5) is 10.1 Å². The molecule has 0 radical (unpaired) electrons. The minimum absolute atomic E-state index is 0.0218. The second kappa shape index (κ2) is 6.04. The number of benzene rings is 1. The number of carbonyl (C=O) groups excluding carboxylic acids is 3. The third-order valence-electron chi connectivity index (χ3n) is 2.82. The Morgan fingerprint density at radius 1 is 1.35 bits per heavy atom. The van der Waals surface area contributed by atoms with Gasteiger partial charge in [0, 0.05) is 12.4 Å². The van der Waals surface area contributed by atoms with Crippen molar-refractivity contribution in [1.29, 1.82) is 0 Å². The molecule has 2 amide bonds. The van der Waals surface area contributed by atoms with Gasteiger partial charge in [-0.05, 0) is 36.4 Å². The molecule has 0 unspecified atom stereocenters. The molecule has 0 bridgehead atoms. The highest BCUT2D eigenvalue weighted by molar-refractivity contribution is 8.00. The van der Waals surface area contributed by atoms with Crippen LogP contribution >= 0.6 is 11.8 Å². The molecule has 0 aliphatic carbocycles. The minimum Gasteiger partial charge on any atom is -0.550 e.